The summed E-state index contributed by atoms with van der Waals surface area (Å²) < 4.78 is 13.3. The zero-order valence-electron chi connectivity index (χ0n) is 26.2. The number of amides is 2. The number of pyridine rings is 1. The molecule has 4 heterocycles. The lowest BCUT2D eigenvalue weighted by Crippen LogP contribution is -2.49. The predicted octanol–water partition coefficient (Wildman–Crippen LogP) is 5.16. The molecule has 11 nitrogen and oxygen atoms in total. The lowest BCUT2D eigenvalue weighted by Gasteiger charge is -2.42. The van der Waals surface area contributed by atoms with Gasteiger partial charge in [-0.3, -0.25) is 14.3 Å². The number of nitrogens with zero attached hydrogens (tertiary/aromatic N) is 4. The third kappa shape index (κ3) is 6.41. The van der Waals surface area contributed by atoms with E-state index in [4.69, 9.17) is 14.6 Å². The van der Waals surface area contributed by atoms with Gasteiger partial charge in [0.25, 0.3) is 11.5 Å². The Kier molecular flexibility index (Phi) is 8.56. The molecule has 0 saturated carbocycles. The smallest absolute Gasteiger partial charge is 0.410 e. The Labute approximate surface area is 252 Å². The molecule has 0 unspecified atom stereocenters. The predicted molar refractivity (Wildman–Crippen MR) is 166 cm³/mol. The van der Waals surface area contributed by atoms with Crippen LogP contribution in [0.2, 0.25) is 0 Å². The van der Waals surface area contributed by atoms with E-state index in [2.05, 4.69) is 17.2 Å². The first-order valence-electron chi connectivity index (χ1n) is 15.3. The number of anilines is 2. The minimum Gasteiger partial charge on any atom is -0.444 e. The minimum atomic E-state index is -0.555. The first kappa shape index (κ1) is 30.6. The fraction of sp³-hybridized carbons (Fsp3) is 0.562. The van der Waals surface area contributed by atoms with Gasteiger partial charge < -0.3 is 29.6 Å². The van der Waals surface area contributed by atoms with Gasteiger partial charge in [-0.2, -0.15) is 5.10 Å². The van der Waals surface area contributed by atoms with Gasteiger partial charge in [0.15, 0.2) is 5.82 Å². The largest absolute Gasteiger partial charge is 0.444 e. The molecule has 1 atom stereocenters. The van der Waals surface area contributed by atoms with E-state index in [1.165, 1.54) is 0 Å². The molecule has 0 spiro atoms. The van der Waals surface area contributed by atoms with Crippen molar-refractivity contribution in [1.29, 1.82) is 0 Å². The zero-order chi connectivity index (χ0) is 30.9. The number of carbonyl (C=O) groups is 2. The van der Waals surface area contributed by atoms with E-state index in [1.807, 2.05) is 68.5 Å². The first-order chi connectivity index (χ1) is 20.4. The molecule has 232 valence electrons. The van der Waals surface area contributed by atoms with E-state index in [1.54, 1.807) is 11.1 Å². The van der Waals surface area contributed by atoms with Crippen LogP contribution in [0.15, 0.2) is 35.3 Å². The van der Waals surface area contributed by atoms with E-state index in [9.17, 15) is 14.4 Å². The van der Waals surface area contributed by atoms with Gasteiger partial charge in [0.05, 0.1) is 17.2 Å². The Morgan fingerprint density at radius 3 is 2.58 bits per heavy atom. The first-order valence-corrected chi connectivity index (χ1v) is 15.3. The quantitative estimate of drug-likeness (QED) is 0.420. The minimum absolute atomic E-state index is 0.00446. The van der Waals surface area contributed by atoms with Gasteiger partial charge >= 0.3 is 6.09 Å². The number of aromatic amines is 1. The monoisotopic (exact) mass is 592 g/mol. The number of ether oxygens (including phenoxy) is 2. The summed E-state index contributed by atoms with van der Waals surface area (Å²) in [4.78, 5) is 45.6. The van der Waals surface area contributed by atoms with Crippen LogP contribution in [0.1, 0.15) is 76.2 Å². The summed E-state index contributed by atoms with van der Waals surface area (Å²) in [5.74, 6) is 0.450. The van der Waals surface area contributed by atoms with Crippen LogP contribution in [0.25, 0.3) is 10.9 Å². The number of hydrogen-bond acceptors (Lipinski definition) is 7. The topological polar surface area (TPSA) is 122 Å². The number of aryl methyl sites for hydroxylation is 1. The number of hydrogen-bond donors (Lipinski definition) is 2. The summed E-state index contributed by atoms with van der Waals surface area (Å²) in [6.07, 6.45) is 4.31. The SMILES string of the molecule is CCC1(n2nc(Nc3ccc(C(=O)N4CCCO[C@H](C)C4)c(C)c3)c3c(=O)[nH]ccc32)CCN(C(=O)OC(C)(C)C)CC1. The summed E-state index contributed by atoms with van der Waals surface area (Å²) >= 11 is 0. The number of fused-ring (bicyclic) bond motifs is 1. The third-order valence-corrected chi connectivity index (χ3v) is 8.52. The molecule has 5 rings (SSSR count). The van der Waals surface area contributed by atoms with Crippen molar-refractivity contribution in [1.82, 2.24) is 24.6 Å². The molecule has 2 N–H and O–H groups in total. The summed E-state index contributed by atoms with van der Waals surface area (Å²) in [5, 5.41) is 8.82. The fourth-order valence-electron chi connectivity index (χ4n) is 6.14. The molecule has 2 aliphatic rings. The van der Waals surface area contributed by atoms with Crippen LogP contribution in [0.5, 0.6) is 0 Å². The van der Waals surface area contributed by atoms with Crippen molar-refractivity contribution in [2.45, 2.75) is 84.5 Å². The number of aromatic nitrogens is 3. The Hall–Kier alpha value is -3.86. The average Bonchev–Trinajstić information content (AvgIpc) is 3.18. The van der Waals surface area contributed by atoms with Crippen LogP contribution in [0.3, 0.4) is 0 Å². The van der Waals surface area contributed by atoms with Gasteiger partial charge in [-0.1, -0.05) is 6.92 Å². The fourth-order valence-corrected chi connectivity index (χ4v) is 6.14. The number of piperidine rings is 1. The van der Waals surface area contributed by atoms with E-state index >= 15 is 0 Å². The van der Waals surface area contributed by atoms with E-state index < -0.39 is 5.60 Å². The maximum absolute atomic E-state index is 13.3. The number of likely N-dealkylation sites (tertiary alicyclic amines) is 1. The van der Waals surface area contributed by atoms with Crippen LogP contribution in [-0.2, 0) is 15.0 Å². The van der Waals surface area contributed by atoms with E-state index in [0.717, 1.165) is 29.6 Å². The maximum Gasteiger partial charge on any atom is 0.410 e. The van der Waals surface area contributed by atoms with Gasteiger partial charge in [-0.15, -0.1) is 0 Å². The van der Waals surface area contributed by atoms with Gasteiger partial charge in [-0.05, 0) is 90.1 Å². The molecule has 2 saturated heterocycles. The summed E-state index contributed by atoms with van der Waals surface area (Å²) in [6, 6.07) is 7.49. The van der Waals surface area contributed by atoms with Crippen molar-refractivity contribution >= 4 is 34.4 Å². The van der Waals surface area contributed by atoms with Crippen molar-refractivity contribution in [2.24, 2.45) is 0 Å². The van der Waals surface area contributed by atoms with Crippen molar-refractivity contribution in [3.63, 3.8) is 0 Å². The second-order valence-electron chi connectivity index (χ2n) is 12.8. The highest BCUT2D eigenvalue weighted by Crippen LogP contribution is 2.38. The highest BCUT2D eigenvalue weighted by Gasteiger charge is 2.39. The molecule has 3 aromatic rings. The Morgan fingerprint density at radius 2 is 1.91 bits per heavy atom. The molecule has 0 radical (unpaired) electrons. The molecule has 11 heteroatoms. The van der Waals surface area contributed by atoms with Crippen molar-refractivity contribution in [3.05, 3.63) is 51.9 Å². The van der Waals surface area contributed by atoms with Crippen molar-refractivity contribution in [3.8, 4) is 0 Å². The molecule has 0 aliphatic carbocycles. The standard InChI is InChI=1S/C32H44N6O5/c1-7-32(12-16-36(17-13-32)30(41)43-31(4,5)6)38-25-11-14-33-28(39)26(25)27(35-38)34-23-9-10-24(21(2)19-23)29(40)37-15-8-18-42-22(3)20-37/h9-11,14,19,22H,7-8,12-13,15-18,20H2,1-6H3,(H,33,39)(H,34,35)/t22-/m1/s1. The van der Waals surface area contributed by atoms with Crippen molar-refractivity contribution < 1.29 is 19.1 Å². The number of rotatable bonds is 5. The number of carbonyl (C=O) groups excluding carboxylic acids is 2. The summed E-state index contributed by atoms with van der Waals surface area (Å²) in [6.45, 7) is 14.6. The van der Waals surface area contributed by atoms with E-state index in [0.29, 0.717) is 62.4 Å². The highest BCUT2D eigenvalue weighted by molar-refractivity contribution is 5.96. The van der Waals surface area contributed by atoms with Crippen LogP contribution in [0, 0.1) is 6.92 Å². The Balaban J connectivity index is 1.41. The molecule has 0 bridgehead atoms. The van der Waals surface area contributed by atoms with E-state index in [-0.39, 0.29) is 29.2 Å². The molecule has 1 aromatic carbocycles. The number of H-pyrrole nitrogens is 1. The molecular weight excluding hydrogens is 548 g/mol. The normalized spacial score (nSPS) is 19.3. The van der Waals surface area contributed by atoms with Gasteiger partial charge in [0.2, 0.25) is 0 Å². The van der Waals surface area contributed by atoms with Gasteiger partial charge in [0, 0.05) is 50.2 Å². The lowest BCUT2D eigenvalue weighted by molar-refractivity contribution is 0.0101. The van der Waals surface area contributed by atoms with Crippen LogP contribution >= 0.6 is 0 Å². The van der Waals surface area contributed by atoms with Crippen LogP contribution in [-0.4, -0.2) is 81.1 Å². The molecule has 2 fully saturated rings. The van der Waals surface area contributed by atoms with Crippen LogP contribution in [0.4, 0.5) is 16.3 Å². The second kappa shape index (κ2) is 12.0. The Bertz CT molecular complexity index is 1550. The molecule has 2 amide bonds. The molecule has 2 aromatic heterocycles. The van der Waals surface area contributed by atoms with Gasteiger partial charge in [0.1, 0.15) is 11.0 Å². The summed E-state index contributed by atoms with van der Waals surface area (Å²) in [7, 11) is 0. The zero-order valence-corrected chi connectivity index (χ0v) is 26.2. The lowest BCUT2D eigenvalue weighted by atomic mass is 9.85. The molecule has 2 aliphatic heterocycles. The highest BCUT2D eigenvalue weighted by atomic mass is 16.6. The molecule has 43 heavy (non-hydrogen) atoms. The van der Waals surface area contributed by atoms with Crippen LogP contribution < -0.4 is 10.9 Å². The summed E-state index contributed by atoms with van der Waals surface area (Å²) in [5.41, 5.74) is 1.80. The number of benzene rings is 1. The Morgan fingerprint density at radius 1 is 1.16 bits per heavy atom. The maximum atomic E-state index is 13.3. The number of nitrogens with one attached hydrogen (secondary N) is 2. The van der Waals surface area contributed by atoms with Crippen molar-refractivity contribution in [2.75, 3.05) is 38.1 Å². The third-order valence-electron chi connectivity index (χ3n) is 8.52. The average molecular weight is 593 g/mol. The van der Waals surface area contributed by atoms with Gasteiger partial charge in [-0.25, -0.2) is 4.79 Å². The second-order valence-corrected chi connectivity index (χ2v) is 12.8. The molecular formula is C32H44N6O5.